The molecule has 0 aliphatic carbocycles. The van der Waals surface area contributed by atoms with E-state index in [4.69, 9.17) is 17.0 Å². The molecule has 1 unspecified atom stereocenters. The molecule has 0 bridgehead atoms. The molecule has 2 N–H and O–H groups in total. The first kappa shape index (κ1) is 12.3. The number of nitrogens with one attached hydrogen (secondary N) is 2. The predicted molar refractivity (Wildman–Crippen MR) is 69.6 cm³/mol. The Balaban J connectivity index is 1.63. The van der Waals surface area contributed by atoms with E-state index in [-0.39, 0.29) is 0 Å². The van der Waals surface area contributed by atoms with Gasteiger partial charge in [-0.2, -0.15) is 5.10 Å². The first-order valence-corrected chi connectivity index (χ1v) is 6.25. The molecular weight excluding hydrogens is 236 g/mol. The first-order valence-electron chi connectivity index (χ1n) is 5.85. The molecule has 2 rings (SSSR count). The molecular formula is C11H18N4OS. The number of thiocarbonyl (C=S) groups is 1. The monoisotopic (exact) mass is 254 g/mol. The molecule has 1 aromatic rings. The zero-order chi connectivity index (χ0) is 12.1. The Kier molecular flexibility index (Phi) is 4.33. The highest BCUT2D eigenvalue weighted by atomic mass is 32.1. The van der Waals surface area contributed by atoms with Gasteiger partial charge in [0.2, 0.25) is 0 Å². The van der Waals surface area contributed by atoms with Crippen LogP contribution in [0.3, 0.4) is 0 Å². The number of aromatic nitrogens is 2. The third-order valence-electron chi connectivity index (χ3n) is 2.73. The minimum absolute atomic E-state index is 0.313. The molecule has 17 heavy (non-hydrogen) atoms. The zero-order valence-electron chi connectivity index (χ0n) is 9.98. The van der Waals surface area contributed by atoms with Crippen molar-refractivity contribution in [3.63, 3.8) is 0 Å². The molecule has 1 fully saturated rings. The summed E-state index contributed by atoms with van der Waals surface area (Å²) >= 11 is 5.19. The van der Waals surface area contributed by atoms with Crippen LogP contribution in [0.15, 0.2) is 12.4 Å². The largest absolute Gasteiger partial charge is 0.376 e. The van der Waals surface area contributed by atoms with Crippen molar-refractivity contribution >= 4 is 17.3 Å². The number of rotatable bonds is 4. The van der Waals surface area contributed by atoms with Crippen LogP contribution in [0.25, 0.3) is 0 Å². The maximum Gasteiger partial charge on any atom is 0.166 e. The van der Waals surface area contributed by atoms with Crippen LogP contribution in [0, 0.1) is 0 Å². The molecule has 5 nitrogen and oxygen atoms in total. The second-order valence-corrected chi connectivity index (χ2v) is 4.63. The van der Waals surface area contributed by atoms with Crippen LogP contribution in [-0.2, 0) is 18.3 Å². The quantitative estimate of drug-likeness (QED) is 0.769. The molecule has 0 aromatic carbocycles. The van der Waals surface area contributed by atoms with Crippen LogP contribution < -0.4 is 10.6 Å². The van der Waals surface area contributed by atoms with Gasteiger partial charge in [-0.15, -0.1) is 0 Å². The van der Waals surface area contributed by atoms with E-state index >= 15 is 0 Å². The summed E-state index contributed by atoms with van der Waals surface area (Å²) in [6.07, 6.45) is 6.39. The van der Waals surface area contributed by atoms with E-state index in [0.29, 0.717) is 17.8 Å². The summed E-state index contributed by atoms with van der Waals surface area (Å²) in [7, 11) is 1.90. The average Bonchev–Trinajstić information content (AvgIpc) is 2.95. The van der Waals surface area contributed by atoms with E-state index in [2.05, 4.69) is 15.7 Å². The lowest BCUT2D eigenvalue weighted by molar-refractivity contribution is 0.114. The fourth-order valence-corrected chi connectivity index (χ4v) is 1.98. The maximum absolute atomic E-state index is 5.51. The Morgan fingerprint density at radius 3 is 3.18 bits per heavy atom. The summed E-state index contributed by atoms with van der Waals surface area (Å²) < 4.78 is 7.28. The molecule has 0 radical (unpaired) electrons. The van der Waals surface area contributed by atoms with Crippen LogP contribution in [-0.4, -0.2) is 34.1 Å². The lowest BCUT2D eigenvalue weighted by Gasteiger charge is -2.13. The summed E-state index contributed by atoms with van der Waals surface area (Å²) in [4.78, 5) is 0. The van der Waals surface area contributed by atoms with Gasteiger partial charge in [-0.25, -0.2) is 0 Å². The van der Waals surface area contributed by atoms with E-state index in [9.17, 15) is 0 Å². The average molecular weight is 254 g/mol. The van der Waals surface area contributed by atoms with Gasteiger partial charge >= 0.3 is 0 Å². The lowest BCUT2D eigenvalue weighted by atomic mass is 10.2. The molecule has 1 aliphatic heterocycles. The standard InChI is InChI=1S/C11H18N4OS/c1-15-8-9(6-14-15)5-12-11(17)13-7-10-3-2-4-16-10/h6,8,10H,2-5,7H2,1H3,(H2,12,13,17). The van der Waals surface area contributed by atoms with Gasteiger partial charge in [-0.1, -0.05) is 0 Å². The molecule has 1 atom stereocenters. The highest BCUT2D eigenvalue weighted by Gasteiger charge is 2.15. The van der Waals surface area contributed by atoms with Crippen LogP contribution in [0.5, 0.6) is 0 Å². The molecule has 0 amide bonds. The minimum Gasteiger partial charge on any atom is -0.376 e. The van der Waals surface area contributed by atoms with Crippen molar-refractivity contribution in [1.29, 1.82) is 0 Å². The Labute approximate surface area is 107 Å². The molecule has 2 heterocycles. The number of ether oxygens (including phenoxy) is 1. The normalized spacial score (nSPS) is 19.2. The highest BCUT2D eigenvalue weighted by molar-refractivity contribution is 7.80. The summed E-state index contributed by atoms with van der Waals surface area (Å²) in [6.45, 7) is 2.37. The first-order chi connectivity index (χ1) is 8.24. The third-order valence-corrected chi connectivity index (χ3v) is 3.01. The maximum atomic E-state index is 5.51. The Bertz CT molecular complexity index is 373. The molecule has 6 heteroatoms. The molecule has 1 aromatic heterocycles. The van der Waals surface area contributed by atoms with Gasteiger partial charge in [0.15, 0.2) is 5.11 Å². The van der Waals surface area contributed by atoms with Crippen LogP contribution in [0.4, 0.5) is 0 Å². The summed E-state index contributed by atoms with van der Waals surface area (Å²) in [5, 5.41) is 11.1. The lowest BCUT2D eigenvalue weighted by Crippen LogP contribution is -2.39. The van der Waals surface area contributed by atoms with Crippen LogP contribution in [0.1, 0.15) is 18.4 Å². The predicted octanol–water partition coefficient (Wildman–Crippen LogP) is 0.563. The summed E-state index contributed by atoms with van der Waals surface area (Å²) in [5.41, 5.74) is 1.12. The molecule has 1 aliphatic rings. The van der Waals surface area contributed by atoms with E-state index in [1.54, 1.807) is 4.68 Å². The van der Waals surface area contributed by atoms with Gasteiger partial charge in [0.05, 0.1) is 12.3 Å². The van der Waals surface area contributed by atoms with Crippen molar-refractivity contribution in [3.8, 4) is 0 Å². The number of nitrogens with zero attached hydrogens (tertiary/aromatic N) is 2. The fourth-order valence-electron chi connectivity index (χ4n) is 1.82. The topological polar surface area (TPSA) is 51.1 Å². The fraction of sp³-hybridized carbons (Fsp3) is 0.636. The zero-order valence-corrected chi connectivity index (χ0v) is 10.8. The number of aryl methyl sites for hydroxylation is 1. The van der Waals surface area contributed by atoms with Crippen molar-refractivity contribution in [2.24, 2.45) is 7.05 Å². The molecule has 94 valence electrons. The Hall–Kier alpha value is -1.14. The van der Waals surface area contributed by atoms with Gasteiger partial charge in [0, 0.05) is 38.5 Å². The SMILES string of the molecule is Cn1cc(CNC(=S)NCC2CCCO2)cn1. The molecule has 1 saturated heterocycles. The third kappa shape index (κ3) is 3.98. The highest BCUT2D eigenvalue weighted by Crippen LogP contribution is 2.10. The van der Waals surface area contributed by atoms with Crippen molar-refractivity contribution in [3.05, 3.63) is 18.0 Å². The van der Waals surface area contributed by atoms with E-state index in [1.807, 2.05) is 19.4 Å². The second kappa shape index (κ2) is 5.97. The Morgan fingerprint density at radius 1 is 1.65 bits per heavy atom. The summed E-state index contributed by atoms with van der Waals surface area (Å²) in [5.74, 6) is 0. The molecule has 0 spiro atoms. The van der Waals surface area contributed by atoms with Crippen LogP contribution in [0.2, 0.25) is 0 Å². The van der Waals surface area contributed by atoms with Crippen LogP contribution >= 0.6 is 12.2 Å². The van der Waals surface area contributed by atoms with E-state index in [0.717, 1.165) is 31.6 Å². The van der Waals surface area contributed by atoms with Crippen molar-refractivity contribution in [2.45, 2.75) is 25.5 Å². The minimum atomic E-state index is 0.313. The van der Waals surface area contributed by atoms with Gasteiger partial charge in [-0.05, 0) is 25.1 Å². The number of hydrogen-bond acceptors (Lipinski definition) is 3. The molecule has 0 saturated carbocycles. The van der Waals surface area contributed by atoms with Crippen molar-refractivity contribution in [2.75, 3.05) is 13.2 Å². The van der Waals surface area contributed by atoms with Gasteiger partial charge in [0.1, 0.15) is 0 Å². The van der Waals surface area contributed by atoms with Crippen molar-refractivity contribution in [1.82, 2.24) is 20.4 Å². The summed E-state index contributed by atoms with van der Waals surface area (Å²) in [6, 6.07) is 0. The smallest absolute Gasteiger partial charge is 0.166 e. The van der Waals surface area contributed by atoms with E-state index in [1.165, 1.54) is 0 Å². The van der Waals surface area contributed by atoms with Gasteiger partial charge in [-0.3, -0.25) is 4.68 Å². The van der Waals surface area contributed by atoms with Crippen molar-refractivity contribution < 1.29 is 4.74 Å². The number of hydrogen-bond donors (Lipinski definition) is 2. The van der Waals surface area contributed by atoms with Gasteiger partial charge < -0.3 is 15.4 Å². The Morgan fingerprint density at radius 2 is 2.53 bits per heavy atom. The van der Waals surface area contributed by atoms with Gasteiger partial charge in [0.25, 0.3) is 0 Å². The van der Waals surface area contributed by atoms with E-state index < -0.39 is 0 Å². The second-order valence-electron chi connectivity index (χ2n) is 4.22.